The summed E-state index contributed by atoms with van der Waals surface area (Å²) in [5, 5.41) is 37.9. The molecule has 1 saturated carbocycles. The molecule has 6 N–H and O–H groups in total. The number of aryl methyl sites for hydroxylation is 6. The summed E-state index contributed by atoms with van der Waals surface area (Å²) in [6.07, 6.45) is 29.3. The molecule has 20 rings (SSSR count). The number of anilines is 5. The van der Waals surface area contributed by atoms with Gasteiger partial charge >= 0.3 is 6.03 Å². The van der Waals surface area contributed by atoms with Crippen molar-refractivity contribution in [2.45, 2.75) is 159 Å². The third-order valence-electron chi connectivity index (χ3n) is 23.2. The van der Waals surface area contributed by atoms with Crippen LogP contribution in [0.5, 0.6) is 0 Å². The van der Waals surface area contributed by atoms with Crippen LogP contribution in [0.15, 0.2) is 152 Å². The van der Waals surface area contributed by atoms with E-state index in [1.807, 2.05) is 58.5 Å². The number of carbonyl (C=O) groups excluding carboxylic acids is 4. The summed E-state index contributed by atoms with van der Waals surface area (Å²) in [6.45, 7) is 8.88. The molecule has 5 fully saturated rings. The van der Waals surface area contributed by atoms with Gasteiger partial charge in [-0.05, 0) is 198 Å². The van der Waals surface area contributed by atoms with Gasteiger partial charge in [0.1, 0.15) is 71.3 Å². The first kappa shape index (κ1) is 78.0. The fourth-order valence-electron chi connectivity index (χ4n) is 17.0. The number of hydrogen-bond donors (Lipinski definition) is 6. The van der Waals surface area contributed by atoms with Crippen molar-refractivity contribution in [3.05, 3.63) is 235 Å². The SMILES string of the molecule is Cc1ccsc1C(=O)NC1CCN(c2ncnc3c2CCC3)C1.Cn1nccc1C(=O)N1CCC(Nc2ncnc3c2CCC3)C1.N#Cc1ccc(C(=O)N2CCC(Nc3ncnc4c3CCC4)C2)cc1.O=C(NCc1ccccc1)NC1CCN(c2ncnc3c2CCC3)C1.c1ccc(C(Nc2ncnc3sccc23)C2CC2)cc1. The van der Waals surface area contributed by atoms with Gasteiger partial charge in [0.05, 0.1) is 27.9 Å². The number of nitriles is 1. The van der Waals surface area contributed by atoms with E-state index in [2.05, 4.69) is 144 Å². The Morgan fingerprint density at radius 2 is 1.04 bits per heavy atom. The van der Waals surface area contributed by atoms with Gasteiger partial charge in [-0.15, -0.1) is 22.7 Å². The van der Waals surface area contributed by atoms with Gasteiger partial charge in [0.25, 0.3) is 17.7 Å². The van der Waals surface area contributed by atoms with Crippen molar-refractivity contribution < 1.29 is 19.2 Å². The van der Waals surface area contributed by atoms with Gasteiger partial charge in [0.15, 0.2) is 0 Å². The molecule has 0 radical (unpaired) electrons. The number of benzene rings is 3. The number of urea groups is 1. The van der Waals surface area contributed by atoms with Crippen LogP contribution in [0.25, 0.3) is 10.2 Å². The van der Waals surface area contributed by atoms with Crippen LogP contribution in [0.4, 0.5) is 33.9 Å². The summed E-state index contributed by atoms with van der Waals surface area (Å²) in [5.74, 6) is 5.82. The van der Waals surface area contributed by atoms with Crippen molar-refractivity contribution in [1.82, 2.24) is 85.4 Å². The van der Waals surface area contributed by atoms with Crippen LogP contribution in [0.2, 0.25) is 0 Å². The standard InChI is InChI=1S/C19H19N5O.C19H23N5O.C17H20N4OS.C16H20N6O.C16H15N3S/c20-10-13-4-6-14(7-5-13)19(25)24-9-8-15(11-24)23-18-16-2-1-3-17(16)21-12-22-18;25-19(20-11-14-5-2-1-3-6-14)23-15-9-10-24(12-15)18-16-7-4-8-17(16)21-13-22-18;1-11-6-8-23-15(11)17(22)20-12-5-7-21(9-12)16-13-3-2-4-14(13)18-10-19-16;1-21-14(5-7-19-21)16(23)22-8-6-11(9-22)20-15-12-3-2-4-13(12)17-10-18-15;1-2-4-11(5-3-1)14(12-6-7-12)19-15-13-8-9-20-16(13)18-10-17-15/h4-7,12,15H,1-3,8-9,11H2,(H,21,22,23);1-3,5-6,13,15H,4,7-12H2,(H2,20,23,25);6,8,10,12H,2-5,7,9H2,1H3,(H,20,22);5,7,10-11H,2-4,6,8-9H2,1H3,(H,17,18,20);1-5,8-10,12,14H,6-7H2,(H,17,18,19). The lowest BCUT2D eigenvalue weighted by Crippen LogP contribution is -2.43. The molecule has 11 aromatic rings. The molecule has 4 aliphatic heterocycles. The van der Waals surface area contributed by atoms with E-state index in [0.717, 1.165) is 196 Å². The van der Waals surface area contributed by atoms with E-state index in [9.17, 15) is 19.2 Å². The molecule has 116 heavy (non-hydrogen) atoms. The summed E-state index contributed by atoms with van der Waals surface area (Å²) in [6, 6.07) is 36.4. The maximum atomic E-state index is 12.6. The molecule has 5 aliphatic carbocycles. The number of aromatic nitrogens is 12. The molecule has 0 bridgehead atoms. The minimum atomic E-state index is -0.108. The zero-order chi connectivity index (χ0) is 79.3. The highest BCUT2D eigenvalue weighted by Gasteiger charge is 2.36. The van der Waals surface area contributed by atoms with Gasteiger partial charge < -0.3 is 51.5 Å². The van der Waals surface area contributed by atoms with Gasteiger partial charge in [0, 0.05) is 147 Å². The van der Waals surface area contributed by atoms with Gasteiger partial charge in [-0.1, -0.05) is 60.7 Å². The van der Waals surface area contributed by atoms with Crippen molar-refractivity contribution in [3.8, 4) is 6.07 Å². The lowest BCUT2D eigenvalue weighted by atomic mass is 10.0. The summed E-state index contributed by atoms with van der Waals surface area (Å²) in [5.41, 5.74) is 15.2. The fraction of sp³-hybridized carbons (Fsp3) is 0.402. The maximum absolute atomic E-state index is 12.6. The predicted octanol–water partition coefficient (Wildman–Crippen LogP) is 11.8. The zero-order valence-corrected chi connectivity index (χ0v) is 67.2. The first-order valence-electron chi connectivity index (χ1n) is 40.7. The van der Waals surface area contributed by atoms with Gasteiger partial charge in [-0.25, -0.2) is 54.6 Å². The molecule has 29 heteroatoms. The summed E-state index contributed by atoms with van der Waals surface area (Å²) < 4.78 is 1.63. The maximum Gasteiger partial charge on any atom is 0.315 e. The number of likely N-dealkylation sites (tertiary alicyclic amines) is 2. The quantitative estimate of drug-likeness (QED) is 0.0493. The Kier molecular flexibility index (Phi) is 24.7. The second-order valence-corrected chi connectivity index (χ2v) is 32.9. The summed E-state index contributed by atoms with van der Waals surface area (Å²) >= 11 is 3.17. The van der Waals surface area contributed by atoms with Crippen LogP contribution >= 0.6 is 22.7 Å². The molecule has 5 unspecified atom stereocenters. The highest BCUT2D eigenvalue weighted by atomic mass is 32.1. The average molecular weight is 1590 g/mol. The third kappa shape index (κ3) is 18.7. The minimum absolute atomic E-state index is 0.0155. The topological polar surface area (TPSA) is 324 Å². The number of hydrogen-bond acceptors (Lipinski definition) is 23. The van der Waals surface area contributed by atoms with Crippen LogP contribution in [0, 0.1) is 24.2 Å². The first-order valence-corrected chi connectivity index (χ1v) is 42.5. The van der Waals surface area contributed by atoms with Crippen molar-refractivity contribution in [2.75, 3.05) is 78.1 Å². The Labute approximate surface area is 683 Å². The van der Waals surface area contributed by atoms with E-state index in [-0.39, 0.29) is 47.9 Å². The van der Waals surface area contributed by atoms with Crippen LogP contribution in [-0.4, -0.2) is 170 Å². The Bertz CT molecular complexity index is 5300. The number of nitrogens with zero attached hydrogens (tertiary/aromatic N) is 17. The first-order chi connectivity index (χ1) is 56.9. The highest BCUT2D eigenvalue weighted by molar-refractivity contribution is 7.16. The third-order valence-corrected chi connectivity index (χ3v) is 25.0. The van der Waals surface area contributed by atoms with E-state index in [0.29, 0.717) is 42.5 Å². The Balaban J connectivity index is 0.000000109. The molecule has 4 saturated heterocycles. The molecule has 596 valence electrons. The van der Waals surface area contributed by atoms with Crippen molar-refractivity contribution in [2.24, 2.45) is 13.0 Å². The number of thiophene rings is 2. The smallest absolute Gasteiger partial charge is 0.315 e. The molecule has 27 nitrogen and oxygen atoms in total. The molecule has 3 aromatic carbocycles. The van der Waals surface area contributed by atoms with E-state index < -0.39 is 0 Å². The second-order valence-electron chi connectivity index (χ2n) is 31.1. The molecule has 5 atom stereocenters. The number of amides is 5. The van der Waals surface area contributed by atoms with Gasteiger partial charge in [0.2, 0.25) is 0 Å². The highest BCUT2D eigenvalue weighted by Crippen LogP contribution is 2.44. The predicted molar refractivity (Wildman–Crippen MR) is 449 cm³/mol. The molecule has 5 amide bonds. The molecule has 0 spiro atoms. The Morgan fingerprint density at radius 1 is 0.517 bits per heavy atom. The van der Waals surface area contributed by atoms with Crippen molar-refractivity contribution in [1.29, 1.82) is 5.26 Å². The number of rotatable bonds is 17. The summed E-state index contributed by atoms with van der Waals surface area (Å²) in [7, 11) is 1.79. The van der Waals surface area contributed by atoms with Crippen LogP contribution in [0.3, 0.4) is 0 Å². The van der Waals surface area contributed by atoms with E-state index in [1.165, 1.54) is 81.9 Å². The Morgan fingerprint density at radius 3 is 1.60 bits per heavy atom. The molecule has 12 heterocycles. The van der Waals surface area contributed by atoms with Gasteiger partial charge in [-0.3, -0.25) is 19.1 Å². The van der Waals surface area contributed by atoms with Crippen LogP contribution in [0.1, 0.15) is 168 Å². The number of fused-ring (bicyclic) bond motifs is 5. The monoisotopic (exact) mass is 1590 g/mol. The normalized spacial score (nSPS) is 18.8. The largest absolute Gasteiger partial charge is 0.365 e. The number of carbonyl (C=O) groups is 4. The van der Waals surface area contributed by atoms with Crippen molar-refractivity contribution >= 4 is 85.7 Å². The van der Waals surface area contributed by atoms with Crippen molar-refractivity contribution in [3.63, 3.8) is 0 Å². The summed E-state index contributed by atoms with van der Waals surface area (Å²) in [4.78, 5) is 104. The fourth-order valence-corrected chi connectivity index (χ4v) is 18.5. The lowest BCUT2D eigenvalue weighted by Gasteiger charge is -2.20. The molecule has 8 aromatic heterocycles. The lowest BCUT2D eigenvalue weighted by molar-refractivity contribution is 0.0776. The molecular weight excluding hydrogens is 1500 g/mol. The average Bonchev–Trinajstić information content (AvgIpc) is 1.68. The van der Waals surface area contributed by atoms with E-state index >= 15 is 0 Å². The van der Waals surface area contributed by atoms with E-state index in [1.54, 1.807) is 91.2 Å². The van der Waals surface area contributed by atoms with Crippen LogP contribution in [-0.2, 0) is 65.0 Å². The number of nitrogens with one attached hydrogen (secondary N) is 6. The van der Waals surface area contributed by atoms with E-state index in [4.69, 9.17) is 5.26 Å². The molecular formula is C87H97N23O4S2. The minimum Gasteiger partial charge on any atom is -0.365 e. The molecule has 9 aliphatic rings. The zero-order valence-electron chi connectivity index (χ0n) is 65.5. The van der Waals surface area contributed by atoms with Gasteiger partial charge in [-0.2, -0.15) is 10.4 Å². The van der Waals surface area contributed by atoms with Crippen LogP contribution < -0.4 is 41.7 Å². The second kappa shape index (κ2) is 36.7. The Hall–Kier alpha value is -11.9.